The number of carbonyl (C=O) groups is 2. The molecule has 222 valence electrons. The first-order valence-electron chi connectivity index (χ1n) is 13.9. The molecule has 5 heterocycles. The van der Waals surface area contributed by atoms with E-state index in [1.54, 1.807) is 12.4 Å². The van der Waals surface area contributed by atoms with Crippen molar-refractivity contribution in [1.82, 2.24) is 19.9 Å². The molecule has 0 radical (unpaired) electrons. The lowest BCUT2D eigenvalue weighted by Crippen LogP contribution is -2.35. The van der Waals surface area contributed by atoms with Gasteiger partial charge in [-0.3, -0.25) is 14.7 Å². The summed E-state index contributed by atoms with van der Waals surface area (Å²) in [6.45, 7) is 4.15. The smallest absolute Gasteiger partial charge is 0.332 e. The maximum Gasteiger partial charge on any atom is 0.332 e. The molecule has 1 saturated heterocycles. The summed E-state index contributed by atoms with van der Waals surface area (Å²) in [5.41, 5.74) is 3.76. The van der Waals surface area contributed by atoms with Gasteiger partial charge in [0.15, 0.2) is 5.82 Å². The molecule has 0 spiro atoms. The van der Waals surface area contributed by atoms with Crippen LogP contribution in [0.3, 0.4) is 0 Å². The topological polar surface area (TPSA) is 122 Å². The Hall–Kier alpha value is -4.18. The second kappa shape index (κ2) is 12.4. The summed E-state index contributed by atoms with van der Waals surface area (Å²) in [5.74, 6) is 1.38. The Morgan fingerprint density at radius 3 is 2.73 bits per heavy atom. The largest absolute Gasteiger partial charge is 0.455 e. The highest BCUT2D eigenvalue weighted by Gasteiger charge is 2.34. The van der Waals surface area contributed by atoms with Gasteiger partial charge in [-0.05, 0) is 48.0 Å². The van der Waals surface area contributed by atoms with Crippen molar-refractivity contribution in [1.29, 1.82) is 0 Å². The Kier molecular flexibility index (Phi) is 8.08. The van der Waals surface area contributed by atoms with Crippen molar-refractivity contribution in [3.8, 4) is 11.5 Å². The van der Waals surface area contributed by atoms with Crippen LogP contribution in [0, 0.1) is 0 Å². The van der Waals surface area contributed by atoms with Gasteiger partial charge in [-0.25, -0.2) is 19.7 Å². The average molecular weight is 720 g/mol. The number of hydrogen-bond donors (Lipinski definition) is 2. The Labute approximate surface area is 270 Å². The second-order valence-corrected chi connectivity index (χ2v) is 12.0. The summed E-state index contributed by atoms with van der Waals surface area (Å²) in [6, 6.07) is 16.6. The van der Waals surface area contributed by atoms with Crippen LogP contribution in [-0.2, 0) is 15.7 Å². The van der Waals surface area contributed by atoms with Crippen LogP contribution < -0.4 is 20.3 Å². The standard InChI is InChI=1S/C31H26IN7O4S/c32-15-20-14-22(7-8-24(20)43-23-2-1-9-33-16-23)39-28-25-26(37-31(39)41)27(44-30(25)35-18-34-28)29(40)36-21-5-3-19(4-6-21)17-38-10-12-42-13-11-38/h1-9,14,16,18H,10-13,15,17H2,(H,36,40)(H,37,41). The number of nitrogens with zero attached hydrogens (tertiary/aromatic N) is 5. The number of amides is 3. The van der Waals surface area contributed by atoms with E-state index in [2.05, 4.69) is 53.1 Å². The molecule has 44 heavy (non-hydrogen) atoms. The maximum absolute atomic E-state index is 13.6. The lowest BCUT2D eigenvalue weighted by atomic mass is 10.1. The van der Waals surface area contributed by atoms with Crippen LogP contribution in [0.4, 0.5) is 27.7 Å². The number of carbonyl (C=O) groups excluding carboxylic acids is 2. The van der Waals surface area contributed by atoms with Crippen molar-refractivity contribution in [3.05, 3.63) is 89.3 Å². The number of alkyl halides is 1. The molecule has 1 fully saturated rings. The van der Waals surface area contributed by atoms with Crippen LogP contribution in [0.5, 0.6) is 11.5 Å². The zero-order valence-electron chi connectivity index (χ0n) is 23.3. The summed E-state index contributed by atoms with van der Waals surface area (Å²) < 4.78 is 12.1. The second-order valence-electron chi connectivity index (χ2n) is 10.2. The Morgan fingerprint density at radius 2 is 1.95 bits per heavy atom. The number of hydrogen-bond acceptors (Lipinski definition) is 9. The van der Waals surface area contributed by atoms with Gasteiger partial charge in [0, 0.05) is 41.5 Å². The van der Waals surface area contributed by atoms with Gasteiger partial charge in [-0.15, -0.1) is 11.3 Å². The first kappa shape index (κ1) is 28.6. The Balaban J connectivity index is 1.14. The Bertz CT molecular complexity index is 1850. The first-order chi connectivity index (χ1) is 21.6. The molecule has 2 aromatic carbocycles. The highest BCUT2D eigenvalue weighted by molar-refractivity contribution is 14.1. The van der Waals surface area contributed by atoms with E-state index < -0.39 is 6.03 Å². The van der Waals surface area contributed by atoms with Crippen molar-refractivity contribution in [2.24, 2.45) is 0 Å². The minimum Gasteiger partial charge on any atom is -0.455 e. The van der Waals surface area contributed by atoms with Gasteiger partial charge in [-0.1, -0.05) is 34.7 Å². The van der Waals surface area contributed by atoms with Gasteiger partial charge in [-0.2, -0.15) is 0 Å². The van der Waals surface area contributed by atoms with Gasteiger partial charge in [0.2, 0.25) is 0 Å². The lowest BCUT2D eigenvalue weighted by Gasteiger charge is -2.27. The molecule has 2 N–H and O–H groups in total. The lowest BCUT2D eigenvalue weighted by molar-refractivity contribution is 0.0342. The molecular formula is C31H26IN7O4S. The number of nitrogens with one attached hydrogen (secondary N) is 2. The monoisotopic (exact) mass is 719 g/mol. The van der Waals surface area contributed by atoms with E-state index in [1.165, 1.54) is 22.6 Å². The van der Waals surface area contributed by atoms with Gasteiger partial charge in [0.05, 0.1) is 36.2 Å². The number of anilines is 4. The number of aromatic nitrogens is 3. The van der Waals surface area contributed by atoms with E-state index in [-0.39, 0.29) is 5.91 Å². The number of rotatable bonds is 8. The van der Waals surface area contributed by atoms with Crippen LogP contribution in [0.15, 0.2) is 73.3 Å². The summed E-state index contributed by atoms with van der Waals surface area (Å²) in [5, 5.41) is 6.53. The minimum atomic E-state index is -0.419. The fourth-order valence-electron chi connectivity index (χ4n) is 5.21. The van der Waals surface area contributed by atoms with E-state index in [4.69, 9.17) is 9.47 Å². The summed E-state index contributed by atoms with van der Waals surface area (Å²) in [6.07, 6.45) is 4.75. The van der Waals surface area contributed by atoms with E-state index in [1.807, 2.05) is 54.6 Å². The van der Waals surface area contributed by atoms with Crippen LogP contribution in [0.1, 0.15) is 20.8 Å². The zero-order chi connectivity index (χ0) is 30.0. The molecule has 0 unspecified atom stereocenters. The molecule has 0 bridgehead atoms. The van der Waals surface area contributed by atoms with Crippen molar-refractivity contribution in [2.75, 3.05) is 41.8 Å². The molecule has 7 rings (SSSR count). The normalized spacial score (nSPS) is 14.8. The zero-order valence-corrected chi connectivity index (χ0v) is 26.3. The van der Waals surface area contributed by atoms with Crippen molar-refractivity contribution >= 4 is 79.0 Å². The van der Waals surface area contributed by atoms with E-state index >= 15 is 0 Å². The number of urea groups is 1. The third-order valence-electron chi connectivity index (χ3n) is 7.35. The third kappa shape index (κ3) is 5.70. The van der Waals surface area contributed by atoms with Gasteiger partial charge in [0.1, 0.15) is 27.5 Å². The summed E-state index contributed by atoms with van der Waals surface area (Å²) >= 11 is 3.48. The molecule has 3 aromatic heterocycles. The third-order valence-corrected chi connectivity index (χ3v) is 9.27. The van der Waals surface area contributed by atoms with Crippen LogP contribution >= 0.6 is 33.9 Å². The van der Waals surface area contributed by atoms with Gasteiger partial charge < -0.3 is 20.1 Å². The fourth-order valence-corrected chi connectivity index (χ4v) is 6.79. The Morgan fingerprint density at radius 1 is 1.11 bits per heavy atom. The maximum atomic E-state index is 13.6. The number of ether oxygens (including phenoxy) is 2. The predicted octanol–water partition coefficient (Wildman–Crippen LogP) is 6.58. The van der Waals surface area contributed by atoms with Crippen LogP contribution in [0.2, 0.25) is 0 Å². The molecule has 2 aliphatic heterocycles. The SMILES string of the molecule is O=C(Nc1ccc(CN2CCOCC2)cc1)c1sc2ncnc3c2c1NC(=O)N3c1ccc(Oc2cccnc2)c(CI)c1. The summed E-state index contributed by atoms with van der Waals surface area (Å²) in [7, 11) is 0. The number of benzene rings is 2. The highest BCUT2D eigenvalue weighted by atomic mass is 127. The molecule has 5 aromatic rings. The summed E-state index contributed by atoms with van der Waals surface area (Å²) in [4.78, 5) is 44.9. The average Bonchev–Trinajstić information content (AvgIpc) is 3.43. The van der Waals surface area contributed by atoms with Gasteiger partial charge in [0.25, 0.3) is 5.91 Å². The van der Waals surface area contributed by atoms with Crippen molar-refractivity contribution < 1.29 is 19.1 Å². The van der Waals surface area contributed by atoms with E-state index in [9.17, 15) is 9.59 Å². The minimum absolute atomic E-state index is 0.326. The molecule has 0 aliphatic carbocycles. The quantitative estimate of drug-likeness (QED) is 0.136. The first-order valence-corrected chi connectivity index (χ1v) is 16.3. The van der Waals surface area contributed by atoms with Crippen LogP contribution in [0.25, 0.3) is 10.2 Å². The fraction of sp³-hybridized carbons (Fsp3) is 0.194. The molecule has 2 aliphatic rings. The van der Waals surface area contributed by atoms with Crippen molar-refractivity contribution in [2.45, 2.75) is 11.0 Å². The predicted molar refractivity (Wildman–Crippen MR) is 178 cm³/mol. The molecule has 3 amide bonds. The number of halogens is 1. The van der Waals surface area contributed by atoms with E-state index in [0.29, 0.717) is 53.9 Å². The molecule has 13 heteroatoms. The molecular weight excluding hydrogens is 693 g/mol. The van der Waals surface area contributed by atoms with E-state index in [0.717, 1.165) is 44.0 Å². The van der Waals surface area contributed by atoms with Crippen molar-refractivity contribution in [3.63, 3.8) is 0 Å². The molecule has 11 nitrogen and oxygen atoms in total. The number of thiophene rings is 1. The molecule has 0 saturated carbocycles. The molecule has 0 atom stereocenters. The van der Waals surface area contributed by atoms with Gasteiger partial charge >= 0.3 is 6.03 Å². The highest BCUT2D eigenvalue weighted by Crippen LogP contribution is 2.45. The number of pyridine rings is 1. The van der Waals surface area contributed by atoms with Crippen LogP contribution in [-0.4, -0.2) is 58.1 Å². The number of morpholine rings is 1.